The molecular weight excluding hydrogens is 529 g/mol. The first-order valence-corrected chi connectivity index (χ1v) is 12.9. The predicted octanol–water partition coefficient (Wildman–Crippen LogP) is 7.45. The van der Waals surface area contributed by atoms with Gasteiger partial charge in [0.25, 0.3) is 11.8 Å². The molecule has 3 aromatic carbocycles. The zero-order valence-electron chi connectivity index (χ0n) is 21.9. The highest BCUT2D eigenvalue weighted by atomic mass is 19.4. The number of amides is 2. The van der Waals surface area contributed by atoms with Crippen molar-refractivity contribution in [3.8, 4) is 11.1 Å². The molecule has 0 aliphatic carbocycles. The average Bonchev–Trinajstić information content (AvgIpc) is 2.99. The maximum absolute atomic E-state index is 13.2. The van der Waals surface area contributed by atoms with Crippen molar-refractivity contribution >= 4 is 28.5 Å². The van der Waals surface area contributed by atoms with Crippen molar-refractivity contribution in [3.05, 3.63) is 126 Å². The Hall–Kier alpha value is -5.05. The van der Waals surface area contributed by atoms with Crippen molar-refractivity contribution in [2.75, 3.05) is 5.32 Å². The minimum atomic E-state index is -4.45. The summed E-state index contributed by atoms with van der Waals surface area (Å²) in [4.78, 5) is 35.0. The molecule has 206 valence electrons. The van der Waals surface area contributed by atoms with Crippen molar-refractivity contribution in [1.82, 2.24) is 15.3 Å². The number of hydrogen-bond donors (Lipinski definition) is 2. The number of aromatic nitrogens is 2. The Morgan fingerprint density at radius 1 is 0.854 bits per heavy atom. The second kappa shape index (κ2) is 11.6. The van der Waals surface area contributed by atoms with Gasteiger partial charge in [0.1, 0.15) is 5.82 Å². The Kier molecular flexibility index (Phi) is 7.78. The number of nitrogens with one attached hydrogen (secondary N) is 2. The number of benzene rings is 3. The number of pyridine rings is 2. The summed E-state index contributed by atoms with van der Waals surface area (Å²) in [6.45, 7) is 1.97. The number of hydrogen-bond acceptors (Lipinski definition) is 4. The maximum Gasteiger partial charge on any atom is 0.416 e. The van der Waals surface area contributed by atoms with Gasteiger partial charge in [0.2, 0.25) is 0 Å². The van der Waals surface area contributed by atoms with Crippen molar-refractivity contribution in [2.45, 2.75) is 25.6 Å². The van der Waals surface area contributed by atoms with Crippen molar-refractivity contribution in [1.29, 1.82) is 0 Å². The van der Waals surface area contributed by atoms with E-state index in [0.29, 0.717) is 45.4 Å². The van der Waals surface area contributed by atoms with E-state index in [2.05, 4.69) is 20.6 Å². The van der Waals surface area contributed by atoms with Crippen LogP contribution in [0.25, 0.3) is 22.0 Å². The van der Waals surface area contributed by atoms with Gasteiger partial charge in [-0.15, -0.1) is 0 Å². The molecule has 0 spiro atoms. The Balaban J connectivity index is 1.33. The van der Waals surface area contributed by atoms with Crippen LogP contribution in [0.5, 0.6) is 0 Å². The highest BCUT2D eigenvalue weighted by Gasteiger charge is 2.30. The van der Waals surface area contributed by atoms with E-state index in [1.807, 2.05) is 25.1 Å². The largest absolute Gasteiger partial charge is 0.416 e. The van der Waals surface area contributed by atoms with Crippen LogP contribution >= 0.6 is 0 Å². The van der Waals surface area contributed by atoms with Gasteiger partial charge < -0.3 is 10.6 Å². The second-order valence-corrected chi connectivity index (χ2v) is 9.37. The van der Waals surface area contributed by atoms with Gasteiger partial charge in [-0.25, -0.2) is 4.98 Å². The van der Waals surface area contributed by atoms with Crippen LogP contribution in [0.4, 0.5) is 19.0 Å². The molecule has 2 amide bonds. The minimum Gasteiger partial charge on any atom is -0.344 e. The second-order valence-electron chi connectivity index (χ2n) is 9.37. The molecule has 5 aromatic rings. The van der Waals surface area contributed by atoms with Gasteiger partial charge >= 0.3 is 6.18 Å². The average molecular weight is 555 g/mol. The molecule has 9 heteroatoms. The lowest BCUT2D eigenvalue weighted by atomic mass is 9.98. The molecule has 1 atom stereocenters. The smallest absolute Gasteiger partial charge is 0.344 e. The molecular formula is C32H25F3N4O2. The summed E-state index contributed by atoms with van der Waals surface area (Å²) in [6.07, 6.45) is -2.07. The zero-order valence-corrected chi connectivity index (χ0v) is 21.9. The van der Waals surface area contributed by atoms with Gasteiger partial charge in [0.15, 0.2) is 0 Å². The number of halogens is 3. The lowest BCUT2D eigenvalue weighted by Gasteiger charge is -2.16. The molecule has 2 aromatic heterocycles. The van der Waals surface area contributed by atoms with Crippen LogP contribution in [0.3, 0.4) is 0 Å². The molecule has 0 aliphatic rings. The van der Waals surface area contributed by atoms with Crippen molar-refractivity contribution < 1.29 is 22.8 Å². The quantitative estimate of drug-likeness (QED) is 0.219. The van der Waals surface area contributed by atoms with E-state index in [1.54, 1.807) is 60.8 Å². The van der Waals surface area contributed by atoms with Gasteiger partial charge in [-0.2, -0.15) is 13.2 Å². The van der Waals surface area contributed by atoms with Gasteiger partial charge in [0.05, 0.1) is 22.8 Å². The van der Waals surface area contributed by atoms with Crippen LogP contribution < -0.4 is 10.6 Å². The van der Waals surface area contributed by atoms with E-state index in [-0.39, 0.29) is 11.9 Å². The molecule has 0 saturated heterocycles. The summed E-state index contributed by atoms with van der Waals surface area (Å²) in [5.74, 6) is -0.395. The van der Waals surface area contributed by atoms with Gasteiger partial charge in [-0.05, 0) is 78.2 Å². The van der Waals surface area contributed by atoms with Crippen LogP contribution in [-0.4, -0.2) is 21.8 Å². The first kappa shape index (κ1) is 27.5. The minimum absolute atomic E-state index is 0.222. The lowest BCUT2D eigenvalue weighted by Crippen LogP contribution is -2.28. The number of carbonyl (C=O) groups is 2. The number of nitrogens with zero attached hydrogens (tertiary/aromatic N) is 2. The van der Waals surface area contributed by atoms with Gasteiger partial charge in [0, 0.05) is 22.7 Å². The third-order valence-electron chi connectivity index (χ3n) is 6.65. The molecule has 0 fully saturated rings. The topological polar surface area (TPSA) is 84.0 Å². The van der Waals surface area contributed by atoms with E-state index < -0.39 is 17.6 Å². The first-order valence-electron chi connectivity index (χ1n) is 12.9. The first-order chi connectivity index (χ1) is 19.7. The Bertz CT molecular complexity index is 1700. The summed E-state index contributed by atoms with van der Waals surface area (Å²) >= 11 is 0. The molecule has 5 rings (SSSR count). The summed E-state index contributed by atoms with van der Waals surface area (Å²) in [5, 5.41) is 6.50. The summed E-state index contributed by atoms with van der Waals surface area (Å²) < 4.78 is 38.9. The summed E-state index contributed by atoms with van der Waals surface area (Å²) in [7, 11) is 0. The molecule has 0 saturated carbocycles. The van der Waals surface area contributed by atoms with E-state index in [4.69, 9.17) is 0 Å². The fraction of sp³-hybridized carbons (Fsp3) is 0.125. The van der Waals surface area contributed by atoms with Crippen LogP contribution in [0.2, 0.25) is 0 Å². The van der Waals surface area contributed by atoms with E-state index in [0.717, 1.165) is 17.8 Å². The van der Waals surface area contributed by atoms with Crippen molar-refractivity contribution in [2.24, 2.45) is 0 Å². The highest BCUT2D eigenvalue weighted by Crippen LogP contribution is 2.32. The fourth-order valence-electron chi connectivity index (χ4n) is 4.50. The molecule has 0 radical (unpaired) electrons. The van der Waals surface area contributed by atoms with Crippen LogP contribution in [0.15, 0.2) is 103 Å². The van der Waals surface area contributed by atoms with E-state index >= 15 is 0 Å². The highest BCUT2D eigenvalue weighted by molar-refractivity contribution is 6.08. The monoisotopic (exact) mass is 554 g/mol. The normalized spacial score (nSPS) is 12.1. The molecule has 41 heavy (non-hydrogen) atoms. The van der Waals surface area contributed by atoms with Crippen LogP contribution in [-0.2, 0) is 6.18 Å². The van der Waals surface area contributed by atoms with E-state index in [1.165, 1.54) is 12.1 Å². The predicted molar refractivity (Wildman–Crippen MR) is 151 cm³/mol. The molecule has 0 bridgehead atoms. The number of carbonyl (C=O) groups excluding carboxylic acids is 2. The Morgan fingerprint density at radius 3 is 2.32 bits per heavy atom. The Morgan fingerprint density at radius 2 is 1.61 bits per heavy atom. The Labute approximate surface area is 234 Å². The SMILES string of the molecule is CCC(NC(=O)c1ccc2nc(NC(=O)c3ccccc3-c3ccc(C(F)(F)F)cc3)ccc2c1)c1ccccn1. The summed E-state index contributed by atoms with van der Waals surface area (Å²) in [6, 6.07) is 25.2. The standard InChI is InChI=1S/C32H25F3N4O2/c1-2-26(28-9-5-6-18-36-28)38-30(40)22-12-16-27-21(19-22)13-17-29(37-27)39-31(41)25-8-4-3-7-24(25)20-10-14-23(15-11-20)32(33,34)35/h3-19,26H,2H2,1H3,(H,38,40)(H,37,39,41). The lowest BCUT2D eigenvalue weighted by molar-refractivity contribution is -0.137. The molecule has 2 N–H and O–H groups in total. The van der Waals surface area contributed by atoms with Gasteiger partial charge in [-0.1, -0.05) is 43.3 Å². The zero-order chi connectivity index (χ0) is 29.0. The van der Waals surface area contributed by atoms with Crippen LogP contribution in [0, 0.1) is 0 Å². The molecule has 0 aliphatic heterocycles. The van der Waals surface area contributed by atoms with Crippen LogP contribution in [0.1, 0.15) is 51.4 Å². The third-order valence-corrected chi connectivity index (χ3v) is 6.65. The maximum atomic E-state index is 13.2. The molecule has 2 heterocycles. The number of alkyl halides is 3. The van der Waals surface area contributed by atoms with E-state index in [9.17, 15) is 22.8 Å². The number of anilines is 1. The molecule has 6 nitrogen and oxygen atoms in total. The third kappa shape index (κ3) is 6.24. The number of rotatable bonds is 7. The van der Waals surface area contributed by atoms with Crippen molar-refractivity contribution in [3.63, 3.8) is 0 Å². The van der Waals surface area contributed by atoms with Gasteiger partial charge in [-0.3, -0.25) is 14.6 Å². The molecule has 1 unspecified atom stereocenters. The number of fused-ring (bicyclic) bond motifs is 1. The summed E-state index contributed by atoms with van der Waals surface area (Å²) in [5.41, 5.74) is 2.33. The fourth-order valence-corrected chi connectivity index (χ4v) is 4.50.